The second-order valence-corrected chi connectivity index (χ2v) is 5.52. The van der Waals surface area contributed by atoms with Crippen molar-refractivity contribution in [3.05, 3.63) is 47.6 Å². The predicted octanol–water partition coefficient (Wildman–Crippen LogP) is 3.06. The summed E-state index contributed by atoms with van der Waals surface area (Å²) in [5.74, 6) is 1.06. The number of hydrogen-bond donors (Lipinski definition) is 1. The molecular formula is C16H19N3O3. The fourth-order valence-electron chi connectivity index (χ4n) is 2.83. The number of aryl methyl sites for hydroxylation is 2. The Hall–Kier alpha value is -2.37. The van der Waals surface area contributed by atoms with E-state index in [0.717, 1.165) is 25.7 Å². The summed E-state index contributed by atoms with van der Waals surface area (Å²) in [5, 5.41) is 13.3. The second kappa shape index (κ2) is 6.60. The van der Waals surface area contributed by atoms with Gasteiger partial charge in [-0.25, -0.2) is 4.79 Å². The lowest BCUT2D eigenvalue weighted by Gasteiger charge is -2.31. The minimum Gasteiger partial charge on any atom is -0.465 e. The largest absolute Gasteiger partial charge is 0.465 e. The molecule has 6 heteroatoms. The van der Waals surface area contributed by atoms with Gasteiger partial charge in [-0.1, -0.05) is 35.5 Å². The molecule has 0 bridgehead atoms. The van der Waals surface area contributed by atoms with E-state index >= 15 is 0 Å². The van der Waals surface area contributed by atoms with Crippen LogP contribution in [0.3, 0.4) is 0 Å². The second-order valence-electron chi connectivity index (χ2n) is 5.52. The molecule has 0 unspecified atom stereocenters. The van der Waals surface area contributed by atoms with E-state index in [1.54, 1.807) is 0 Å². The van der Waals surface area contributed by atoms with Crippen LogP contribution in [0.1, 0.15) is 42.6 Å². The highest BCUT2D eigenvalue weighted by atomic mass is 16.5. The molecule has 1 saturated heterocycles. The summed E-state index contributed by atoms with van der Waals surface area (Å²) in [6.45, 7) is 0.536. The molecule has 0 spiro atoms. The number of hydrogen-bond acceptors (Lipinski definition) is 4. The molecule has 0 radical (unpaired) electrons. The fraction of sp³-hybridized carbons (Fsp3) is 0.438. The van der Waals surface area contributed by atoms with Crippen molar-refractivity contribution in [1.29, 1.82) is 0 Å². The Morgan fingerprint density at radius 2 is 2.09 bits per heavy atom. The van der Waals surface area contributed by atoms with E-state index in [2.05, 4.69) is 22.3 Å². The quantitative estimate of drug-likeness (QED) is 0.938. The Labute approximate surface area is 128 Å². The van der Waals surface area contributed by atoms with Crippen molar-refractivity contribution in [2.75, 3.05) is 6.54 Å². The van der Waals surface area contributed by atoms with Gasteiger partial charge in [0.25, 0.3) is 0 Å². The molecule has 1 aromatic heterocycles. The Bertz CT molecular complexity index is 627. The molecule has 2 heterocycles. The highest BCUT2D eigenvalue weighted by molar-refractivity contribution is 5.65. The summed E-state index contributed by atoms with van der Waals surface area (Å²) in [6, 6.07) is 9.83. The van der Waals surface area contributed by atoms with Crippen molar-refractivity contribution in [1.82, 2.24) is 15.0 Å². The molecule has 1 aromatic carbocycles. The Balaban J connectivity index is 1.66. The van der Waals surface area contributed by atoms with E-state index in [1.807, 2.05) is 18.2 Å². The average molecular weight is 301 g/mol. The van der Waals surface area contributed by atoms with E-state index in [1.165, 1.54) is 10.5 Å². The first kappa shape index (κ1) is 14.6. The zero-order valence-electron chi connectivity index (χ0n) is 12.3. The summed E-state index contributed by atoms with van der Waals surface area (Å²) < 4.78 is 5.29. The molecule has 3 rings (SSSR count). The summed E-state index contributed by atoms with van der Waals surface area (Å²) in [4.78, 5) is 17.1. The Morgan fingerprint density at radius 3 is 2.86 bits per heavy atom. The molecule has 6 nitrogen and oxygen atoms in total. The Morgan fingerprint density at radius 1 is 1.27 bits per heavy atom. The van der Waals surface area contributed by atoms with Crippen molar-refractivity contribution in [2.45, 2.75) is 38.1 Å². The van der Waals surface area contributed by atoms with Gasteiger partial charge in [-0.3, -0.25) is 4.90 Å². The number of carboxylic acid groups (broad SMARTS) is 1. The van der Waals surface area contributed by atoms with Crippen LogP contribution in [-0.4, -0.2) is 32.8 Å². The van der Waals surface area contributed by atoms with Gasteiger partial charge in [0.15, 0.2) is 5.82 Å². The van der Waals surface area contributed by atoms with Crippen LogP contribution in [0.4, 0.5) is 4.79 Å². The van der Waals surface area contributed by atoms with Crippen LogP contribution in [0.2, 0.25) is 0 Å². The lowest BCUT2D eigenvalue weighted by Crippen LogP contribution is -2.37. The van der Waals surface area contributed by atoms with E-state index < -0.39 is 6.09 Å². The summed E-state index contributed by atoms with van der Waals surface area (Å²) in [6.07, 6.45) is 3.21. The monoisotopic (exact) mass is 301 g/mol. The van der Waals surface area contributed by atoms with E-state index in [9.17, 15) is 9.90 Å². The third-order valence-corrected chi connectivity index (χ3v) is 4.00. The molecule has 1 aliphatic rings. The number of piperidine rings is 1. The normalized spacial score (nSPS) is 18.4. The molecule has 1 fully saturated rings. The average Bonchev–Trinajstić information content (AvgIpc) is 3.03. The number of nitrogens with zero attached hydrogens (tertiary/aromatic N) is 3. The molecule has 0 saturated carbocycles. The van der Waals surface area contributed by atoms with Crippen molar-refractivity contribution in [2.24, 2.45) is 0 Å². The van der Waals surface area contributed by atoms with Gasteiger partial charge in [-0.2, -0.15) is 4.98 Å². The van der Waals surface area contributed by atoms with Gasteiger partial charge in [0.05, 0.1) is 6.04 Å². The molecular weight excluding hydrogens is 282 g/mol. The molecule has 1 atom stereocenters. The van der Waals surface area contributed by atoms with Crippen LogP contribution in [0.25, 0.3) is 0 Å². The van der Waals surface area contributed by atoms with Gasteiger partial charge >= 0.3 is 6.09 Å². The first-order chi connectivity index (χ1) is 10.7. The maximum absolute atomic E-state index is 11.3. The zero-order chi connectivity index (χ0) is 15.4. The minimum absolute atomic E-state index is 0.277. The van der Waals surface area contributed by atoms with E-state index in [4.69, 9.17) is 4.52 Å². The van der Waals surface area contributed by atoms with Crippen LogP contribution >= 0.6 is 0 Å². The summed E-state index contributed by atoms with van der Waals surface area (Å²) >= 11 is 0. The van der Waals surface area contributed by atoms with Gasteiger partial charge in [0.1, 0.15) is 0 Å². The van der Waals surface area contributed by atoms with Crippen LogP contribution in [0.5, 0.6) is 0 Å². The summed E-state index contributed by atoms with van der Waals surface area (Å²) in [5.41, 5.74) is 1.21. The predicted molar refractivity (Wildman–Crippen MR) is 79.5 cm³/mol. The van der Waals surface area contributed by atoms with Crippen LogP contribution in [-0.2, 0) is 12.8 Å². The van der Waals surface area contributed by atoms with Crippen molar-refractivity contribution < 1.29 is 14.4 Å². The van der Waals surface area contributed by atoms with Crippen LogP contribution in [0.15, 0.2) is 34.9 Å². The van der Waals surface area contributed by atoms with Gasteiger partial charge in [0.2, 0.25) is 5.89 Å². The number of amides is 1. The molecule has 1 amide bonds. The lowest BCUT2D eigenvalue weighted by molar-refractivity contribution is 0.103. The third-order valence-electron chi connectivity index (χ3n) is 4.00. The molecule has 116 valence electrons. The maximum Gasteiger partial charge on any atom is 0.407 e. The highest BCUT2D eigenvalue weighted by Gasteiger charge is 2.31. The summed E-state index contributed by atoms with van der Waals surface area (Å²) in [7, 11) is 0. The number of carbonyl (C=O) groups is 1. The van der Waals surface area contributed by atoms with Gasteiger partial charge in [-0.05, 0) is 31.2 Å². The number of rotatable bonds is 4. The smallest absolute Gasteiger partial charge is 0.407 e. The standard InChI is InChI=1S/C16H19N3O3/c20-16(21)19-11-5-4-8-13(19)15-17-14(22-18-15)10-9-12-6-2-1-3-7-12/h1-3,6-7,13H,4-5,8-11H2,(H,20,21)/t13-/m0/s1. The molecule has 2 aromatic rings. The molecule has 0 aliphatic carbocycles. The first-order valence-corrected chi connectivity index (χ1v) is 7.60. The van der Waals surface area contributed by atoms with E-state index in [-0.39, 0.29) is 6.04 Å². The van der Waals surface area contributed by atoms with Crippen LogP contribution < -0.4 is 0 Å². The SMILES string of the molecule is O=C(O)N1CCCC[C@H]1c1noc(CCc2ccccc2)n1. The highest BCUT2D eigenvalue weighted by Crippen LogP contribution is 2.29. The third kappa shape index (κ3) is 3.27. The zero-order valence-corrected chi connectivity index (χ0v) is 12.3. The fourth-order valence-corrected chi connectivity index (χ4v) is 2.83. The molecule has 1 aliphatic heterocycles. The van der Waals surface area contributed by atoms with Crippen molar-refractivity contribution in [3.8, 4) is 0 Å². The first-order valence-electron chi connectivity index (χ1n) is 7.60. The topological polar surface area (TPSA) is 79.5 Å². The minimum atomic E-state index is -0.916. The van der Waals surface area contributed by atoms with Crippen molar-refractivity contribution >= 4 is 6.09 Å². The number of aromatic nitrogens is 2. The van der Waals surface area contributed by atoms with Gasteiger partial charge in [0, 0.05) is 13.0 Å². The maximum atomic E-state index is 11.3. The van der Waals surface area contributed by atoms with Gasteiger partial charge < -0.3 is 9.63 Å². The van der Waals surface area contributed by atoms with E-state index in [0.29, 0.717) is 24.7 Å². The van der Waals surface area contributed by atoms with Crippen molar-refractivity contribution in [3.63, 3.8) is 0 Å². The molecule has 22 heavy (non-hydrogen) atoms. The molecule has 1 N–H and O–H groups in total. The Kier molecular flexibility index (Phi) is 4.37. The number of benzene rings is 1. The number of likely N-dealkylation sites (tertiary alicyclic amines) is 1. The van der Waals surface area contributed by atoms with Crippen LogP contribution in [0, 0.1) is 0 Å². The lowest BCUT2D eigenvalue weighted by atomic mass is 10.0. The van der Waals surface area contributed by atoms with Gasteiger partial charge in [-0.15, -0.1) is 0 Å².